The number of carbonyl (C=O) groups excluding carboxylic acids is 1. The highest BCUT2D eigenvalue weighted by atomic mass is 16.6. The summed E-state index contributed by atoms with van der Waals surface area (Å²) >= 11 is 0. The zero-order chi connectivity index (χ0) is 16.6. The molecule has 0 fully saturated rings. The highest BCUT2D eigenvalue weighted by Gasteiger charge is 2.25. The van der Waals surface area contributed by atoms with Gasteiger partial charge in [0, 0.05) is 30.4 Å². The summed E-state index contributed by atoms with van der Waals surface area (Å²) in [7, 11) is 0. The molecule has 2 heterocycles. The van der Waals surface area contributed by atoms with Gasteiger partial charge in [0.1, 0.15) is 5.60 Å². The van der Waals surface area contributed by atoms with Crippen molar-refractivity contribution in [1.82, 2.24) is 9.88 Å². The summed E-state index contributed by atoms with van der Waals surface area (Å²) in [6.45, 7) is 6.71. The second-order valence-corrected chi connectivity index (χ2v) is 6.72. The number of ether oxygens (including phenoxy) is 1. The molecule has 2 aromatic rings. The SMILES string of the molecule is CC(C)(C)OC(=O)N1CC=C(c2ccc3nccc(N)c3c2)C1. The minimum atomic E-state index is -0.483. The number of nitrogens with two attached hydrogens (primary N) is 1. The van der Waals surface area contributed by atoms with E-state index in [0.717, 1.165) is 22.0 Å². The molecule has 0 bridgehead atoms. The number of amides is 1. The topological polar surface area (TPSA) is 68.5 Å². The van der Waals surface area contributed by atoms with Crippen molar-refractivity contribution in [2.75, 3.05) is 18.8 Å². The third-order valence-corrected chi connectivity index (χ3v) is 3.72. The number of hydrogen-bond acceptors (Lipinski definition) is 4. The second kappa shape index (κ2) is 5.57. The molecule has 0 radical (unpaired) electrons. The van der Waals surface area contributed by atoms with Crippen LogP contribution in [0.25, 0.3) is 16.5 Å². The van der Waals surface area contributed by atoms with E-state index in [1.807, 2.05) is 39.0 Å². The molecule has 1 amide bonds. The molecule has 5 heteroatoms. The fourth-order valence-corrected chi connectivity index (χ4v) is 2.60. The Balaban J connectivity index is 1.79. The molecular formula is C18H21N3O2. The minimum Gasteiger partial charge on any atom is -0.444 e. The highest BCUT2D eigenvalue weighted by molar-refractivity contribution is 5.93. The lowest BCUT2D eigenvalue weighted by molar-refractivity contribution is 0.0306. The van der Waals surface area contributed by atoms with Gasteiger partial charge in [-0.05, 0) is 50.1 Å². The third-order valence-electron chi connectivity index (χ3n) is 3.72. The molecule has 0 saturated heterocycles. The van der Waals surface area contributed by atoms with Gasteiger partial charge in [-0.2, -0.15) is 0 Å². The van der Waals surface area contributed by atoms with Gasteiger partial charge in [0.15, 0.2) is 0 Å². The standard InChI is InChI=1S/C18H21N3O2/c1-18(2,3)23-17(22)21-9-7-13(11-21)12-4-5-16-14(10-12)15(19)6-8-20-16/h4-8,10H,9,11H2,1-3H3,(H2,19,20). The quantitative estimate of drug-likeness (QED) is 0.876. The monoisotopic (exact) mass is 311 g/mol. The van der Waals surface area contributed by atoms with Crippen LogP contribution < -0.4 is 5.73 Å². The van der Waals surface area contributed by atoms with E-state index in [0.29, 0.717) is 18.8 Å². The maximum absolute atomic E-state index is 12.1. The third kappa shape index (κ3) is 3.28. The molecule has 23 heavy (non-hydrogen) atoms. The largest absolute Gasteiger partial charge is 0.444 e. The van der Waals surface area contributed by atoms with E-state index < -0.39 is 5.60 Å². The van der Waals surface area contributed by atoms with Gasteiger partial charge in [0.2, 0.25) is 0 Å². The van der Waals surface area contributed by atoms with Gasteiger partial charge in [-0.25, -0.2) is 4.79 Å². The molecule has 1 aliphatic heterocycles. The average Bonchev–Trinajstić information content (AvgIpc) is 2.95. The van der Waals surface area contributed by atoms with Gasteiger partial charge in [0.25, 0.3) is 0 Å². The first kappa shape index (κ1) is 15.3. The molecule has 1 aliphatic rings. The van der Waals surface area contributed by atoms with Gasteiger partial charge in [-0.15, -0.1) is 0 Å². The van der Waals surface area contributed by atoms with Crippen molar-refractivity contribution in [1.29, 1.82) is 0 Å². The van der Waals surface area contributed by atoms with E-state index >= 15 is 0 Å². The number of fused-ring (bicyclic) bond motifs is 1. The molecule has 0 atom stereocenters. The van der Waals surface area contributed by atoms with Crippen LogP contribution in [0, 0.1) is 0 Å². The van der Waals surface area contributed by atoms with Crippen LogP contribution in [-0.4, -0.2) is 34.7 Å². The van der Waals surface area contributed by atoms with Crippen molar-refractivity contribution in [3.05, 3.63) is 42.1 Å². The maximum Gasteiger partial charge on any atom is 0.410 e. The Morgan fingerprint density at radius 2 is 2.09 bits per heavy atom. The van der Waals surface area contributed by atoms with Crippen molar-refractivity contribution in [3.63, 3.8) is 0 Å². The summed E-state index contributed by atoms with van der Waals surface area (Å²) in [6.07, 6.45) is 3.47. The van der Waals surface area contributed by atoms with Gasteiger partial charge >= 0.3 is 6.09 Å². The van der Waals surface area contributed by atoms with Crippen LogP contribution in [0.3, 0.4) is 0 Å². The van der Waals surface area contributed by atoms with Crippen molar-refractivity contribution in [2.45, 2.75) is 26.4 Å². The summed E-state index contributed by atoms with van der Waals surface area (Å²) in [5.41, 5.74) is 9.28. The van der Waals surface area contributed by atoms with Crippen molar-refractivity contribution in [3.8, 4) is 0 Å². The van der Waals surface area contributed by atoms with E-state index in [4.69, 9.17) is 10.5 Å². The van der Waals surface area contributed by atoms with Crippen LogP contribution in [0.2, 0.25) is 0 Å². The number of aromatic nitrogens is 1. The lowest BCUT2D eigenvalue weighted by atomic mass is 10.0. The molecular weight excluding hydrogens is 290 g/mol. The summed E-state index contributed by atoms with van der Waals surface area (Å²) in [5, 5.41) is 0.932. The number of hydrogen-bond donors (Lipinski definition) is 1. The molecule has 120 valence electrons. The van der Waals surface area contributed by atoms with Gasteiger partial charge in [-0.1, -0.05) is 12.1 Å². The van der Waals surface area contributed by atoms with Crippen molar-refractivity contribution < 1.29 is 9.53 Å². The lowest BCUT2D eigenvalue weighted by Gasteiger charge is -2.24. The van der Waals surface area contributed by atoms with Gasteiger partial charge in [-0.3, -0.25) is 4.98 Å². The smallest absolute Gasteiger partial charge is 0.410 e. The molecule has 1 aromatic heterocycles. The van der Waals surface area contributed by atoms with Crippen LogP contribution in [0.1, 0.15) is 26.3 Å². The van der Waals surface area contributed by atoms with Gasteiger partial charge in [0.05, 0.1) is 5.52 Å². The second-order valence-electron chi connectivity index (χ2n) is 6.72. The first-order valence-corrected chi connectivity index (χ1v) is 7.65. The van der Waals surface area contributed by atoms with E-state index in [1.165, 1.54) is 0 Å². The number of nitrogens with zero attached hydrogens (tertiary/aromatic N) is 2. The van der Waals surface area contributed by atoms with E-state index in [-0.39, 0.29) is 6.09 Å². The number of carbonyl (C=O) groups is 1. The fraction of sp³-hybridized carbons (Fsp3) is 0.333. The predicted octanol–water partition coefficient (Wildman–Crippen LogP) is 3.45. The Bertz CT molecular complexity index is 790. The molecule has 0 unspecified atom stereocenters. The molecule has 5 nitrogen and oxygen atoms in total. The van der Waals surface area contributed by atoms with Crippen molar-refractivity contribution >= 4 is 28.3 Å². The Morgan fingerprint density at radius 3 is 2.83 bits per heavy atom. The Morgan fingerprint density at radius 1 is 1.30 bits per heavy atom. The summed E-state index contributed by atoms with van der Waals surface area (Å²) in [5.74, 6) is 0. The van der Waals surface area contributed by atoms with Crippen LogP contribution >= 0.6 is 0 Å². The number of benzene rings is 1. The van der Waals surface area contributed by atoms with Crippen LogP contribution in [0.15, 0.2) is 36.5 Å². The highest BCUT2D eigenvalue weighted by Crippen LogP contribution is 2.27. The normalized spacial score (nSPS) is 14.9. The Kier molecular flexibility index (Phi) is 3.72. The zero-order valence-corrected chi connectivity index (χ0v) is 13.7. The van der Waals surface area contributed by atoms with Gasteiger partial charge < -0.3 is 15.4 Å². The zero-order valence-electron chi connectivity index (χ0n) is 13.7. The van der Waals surface area contributed by atoms with Crippen LogP contribution in [0.4, 0.5) is 10.5 Å². The van der Waals surface area contributed by atoms with Crippen LogP contribution in [-0.2, 0) is 4.74 Å². The molecule has 2 N–H and O–H groups in total. The molecule has 1 aromatic carbocycles. The minimum absolute atomic E-state index is 0.286. The molecule has 0 saturated carbocycles. The number of pyridine rings is 1. The summed E-state index contributed by atoms with van der Waals surface area (Å²) < 4.78 is 5.42. The predicted molar refractivity (Wildman–Crippen MR) is 91.9 cm³/mol. The fourth-order valence-electron chi connectivity index (χ4n) is 2.60. The number of nitrogen functional groups attached to an aromatic ring is 1. The Hall–Kier alpha value is -2.56. The first-order chi connectivity index (χ1) is 10.8. The first-order valence-electron chi connectivity index (χ1n) is 7.65. The lowest BCUT2D eigenvalue weighted by Crippen LogP contribution is -2.35. The van der Waals surface area contributed by atoms with Crippen molar-refractivity contribution in [2.24, 2.45) is 0 Å². The maximum atomic E-state index is 12.1. The number of rotatable bonds is 1. The van der Waals surface area contributed by atoms with E-state index in [1.54, 1.807) is 17.2 Å². The summed E-state index contributed by atoms with van der Waals surface area (Å²) in [6, 6.07) is 7.79. The van der Waals surface area contributed by atoms with E-state index in [9.17, 15) is 4.79 Å². The molecule has 3 rings (SSSR count). The summed E-state index contributed by atoms with van der Waals surface area (Å²) in [4.78, 5) is 18.1. The molecule has 0 spiro atoms. The van der Waals surface area contributed by atoms with Crippen LogP contribution in [0.5, 0.6) is 0 Å². The van der Waals surface area contributed by atoms with E-state index in [2.05, 4.69) is 11.1 Å². The molecule has 0 aliphatic carbocycles. The number of anilines is 1. The Labute approximate surface area is 135 Å². The average molecular weight is 311 g/mol.